The van der Waals surface area contributed by atoms with Gasteiger partial charge in [-0.15, -0.1) is 11.3 Å². The van der Waals surface area contributed by atoms with Gasteiger partial charge in [0.15, 0.2) is 0 Å². The summed E-state index contributed by atoms with van der Waals surface area (Å²) in [6.45, 7) is 9.24. The lowest BCUT2D eigenvalue weighted by atomic mass is 9.63. The Hall–Kier alpha value is -1.94. The minimum atomic E-state index is -0.904. The summed E-state index contributed by atoms with van der Waals surface area (Å²) in [5, 5.41) is 9.69. The van der Waals surface area contributed by atoms with E-state index in [1.165, 1.54) is 35.3 Å². The van der Waals surface area contributed by atoms with Gasteiger partial charge in [0.25, 0.3) is 0 Å². The summed E-state index contributed by atoms with van der Waals surface area (Å²) in [4.78, 5) is 15.7. The van der Waals surface area contributed by atoms with Gasteiger partial charge >= 0.3 is 5.97 Å². The molecule has 2 aromatic rings. The monoisotopic (exact) mass is 341 g/mol. The second-order valence-corrected chi connectivity index (χ2v) is 8.84. The van der Waals surface area contributed by atoms with Gasteiger partial charge in [0.1, 0.15) is 9.88 Å². The van der Waals surface area contributed by atoms with E-state index in [9.17, 15) is 4.79 Å². The van der Waals surface area contributed by atoms with Crippen molar-refractivity contribution in [2.45, 2.75) is 51.4 Å². The van der Waals surface area contributed by atoms with Crippen LogP contribution in [-0.4, -0.2) is 17.3 Å². The number of hydrogen-bond acceptors (Lipinski definition) is 3. The zero-order chi connectivity index (χ0) is 17.5. The van der Waals surface area contributed by atoms with E-state index in [0.29, 0.717) is 9.88 Å². The highest BCUT2D eigenvalue weighted by molar-refractivity contribution is 7.17. The van der Waals surface area contributed by atoms with E-state index in [4.69, 9.17) is 5.11 Å². The molecule has 0 atom stereocenters. The first-order chi connectivity index (χ1) is 11.2. The summed E-state index contributed by atoms with van der Waals surface area (Å²) in [6.07, 6.45) is 4.21. The summed E-state index contributed by atoms with van der Waals surface area (Å²) in [5.74, 6) is -0.904. The van der Waals surface area contributed by atoms with Gasteiger partial charge in [-0.2, -0.15) is 0 Å². The molecule has 1 aliphatic rings. The van der Waals surface area contributed by atoms with Gasteiger partial charge in [-0.1, -0.05) is 39.8 Å². The Morgan fingerprint density at radius 1 is 1.08 bits per heavy atom. The van der Waals surface area contributed by atoms with Gasteiger partial charge in [0.2, 0.25) is 0 Å². The molecule has 1 aromatic carbocycles. The molecule has 126 valence electrons. The Kier molecular flexibility index (Phi) is 4.12. The van der Waals surface area contributed by atoms with E-state index in [-0.39, 0.29) is 10.8 Å². The maximum Gasteiger partial charge on any atom is 0.345 e. The fraction of sp³-hybridized carbons (Fsp3) is 0.400. The number of carboxylic acid groups (broad SMARTS) is 1. The van der Waals surface area contributed by atoms with Crippen molar-refractivity contribution in [1.29, 1.82) is 0 Å². The molecular formula is C20H23NO2S. The van der Waals surface area contributed by atoms with E-state index in [0.717, 1.165) is 5.56 Å². The maximum absolute atomic E-state index is 10.9. The van der Waals surface area contributed by atoms with Crippen LogP contribution in [-0.2, 0) is 10.8 Å². The molecule has 24 heavy (non-hydrogen) atoms. The van der Waals surface area contributed by atoms with Crippen LogP contribution in [0.4, 0.5) is 5.00 Å². The standard InChI is InChI=1S/C20H23NO2S/c1-19(2)9-10-20(3,4)15-11-13(5-6-14(15)19)12-21-17-8-7-16(24-17)18(22)23/h5-8,11-12H,9-10H2,1-4H3,(H,22,23). The molecule has 1 N–H and O–H groups in total. The molecule has 0 saturated carbocycles. The summed E-state index contributed by atoms with van der Waals surface area (Å²) in [6, 6.07) is 9.92. The molecule has 0 unspecified atom stereocenters. The SMILES string of the molecule is CC1(C)CCC(C)(C)c2cc(C=Nc3ccc(C(=O)O)s3)ccc21. The number of fused-ring (bicyclic) bond motifs is 1. The van der Waals surface area contributed by atoms with Crippen LogP contribution in [0, 0.1) is 0 Å². The summed E-state index contributed by atoms with van der Waals surface area (Å²) in [7, 11) is 0. The second kappa shape index (κ2) is 5.85. The van der Waals surface area contributed by atoms with Gasteiger partial charge < -0.3 is 5.11 Å². The third kappa shape index (κ3) is 3.16. The zero-order valence-electron chi connectivity index (χ0n) is 14.6. The fourth-order valence-electron chi connectivity index (χ4n) is 3.34. The minimum absolute atomic E-state index is 0.175. The molecule has 0 radical (unpaired) electrons. The van der Waals surface area contributed by atoms with Crippen LogP contribution in [0.25, 0.3) is 0 Å². The number of hydrogen-bond donors (Lipinski definition) is 1. The van der Waals surface area contributed by atoms with Crippen molar-refractivity contribution in [3.05, 3.63) is 51.9 Å². The van der Waals surface area contributed by atoms with E-state index < -0.39 is 5.97 Å². The van der Waals surface area contributed by atoms with Crippen LogP contribution >= 0.6 is 11.3 Å². The maximum atomic E-state index is 10.9. The van der Waals surface area contributed by atoms with Crippen LogP contribution in [0.5, 0.6) is 0 Å². The van der Waals surface area contributed by atoms with Crippen LogP contribution in [0.3, 0.4) is 0 Å². The normalized spacial score (nSPS) is 18.5. The third-order valence-electron chi connectivity index (χ3n) is 5.02. The van der Waals surface area contributed by atoms with Crippen molar-refractivity contribution in [3.8, 4) is 0 Å². The average molecular weight is 341 g/mol. The third-order valence-corrected chi connectivity index (χ3v) is 6.00. The number of thiophene rings is 1. The first kappa shape index (κ1) is 16.9. The van der Waals surface area contributed by atoms with E-state index in [1.807, 2.05) is 6.21 Å². The van der Waals surface area contributed by atoms with Crippen LogP contribution < -0.4 is 0 Å². The van der Waals surface area contributed by atoms with Gasteiger partial charge in [-0.3, -0.25) is 0 Å². The Bertz CT molecular complexity index is 815. The number of carbonyl (C=O) groups is 1. The van der Waals surface area contributed by atoms with Crippen LogP contribution in [0.15, 0.2) is 35.3 Å². The van der Waals surface area contributed by atoms with Gasteiger partial charge in [-0.05, 0) is 58.6 Å². The lowest BCUT2D eigenvalue weighted by Crippen LogP contribution is -2.33. The molecule has 1 aliphatic carbocycles. The van der Waals surface area contributed by atoms with Gasteiger partial charge in [0.05, 0.1) is 0 Å². The predicted octanol–water partition coefficient (Wildman–Crippen LogP) is 5.55. The lowest BCUT2D eigenvalue weighted by Gasteiger charge is -2.42. The van der Waals surface area contributed by atoms with Crippen LogP contribution in [0.1, 0.15) is 66.9 Å². The number of nitrogens with zero attached hydrogens (tertiary/aromatic N) is 1. The molecule has 0 bridgehead atoms. The first-order valence-corrected chi connectivity index (χ1v) is 9.03. The quantitative estimate of drug-likeness (QED) is 0.745. The molecule has 3 rings (SSSR count). The zero-order valence-corrected chi connectivity index (χ0v) is 15.4. The molecule has 0 fully saturated rings. The smallest absolute Gasteiger partial charge is 0.345 e. The molecule has 0 saturated heterocycles. The highest BCUT2D eigenvalue weighted by Gasteiger charge is 2.36. The topological polar surface area (TPSA) is 49.7 Å². The largest absolute Gasteiger partial charge is 0.477 e. The molecular weight excluding hydrogens is 318 g/mol. The summed E-state index contributed by atoms with van der Waals surface area (Å²) >= 11 is 1.19. The molecule has 4 heteroatoms. The van der Waals surface area contributed by atoms with E-state index in [2.05, 4.69) is 50.9 Å². The number of carboxylic acids is 1. The lowest BCUT2D eigenvalue weighted by molar-refractivity contribution is 0.0702. The molecule has 0 amide bonds. The first-order valence-electron chi connectivity index (χ1n) is 8.21. The van der Waals surface area contributed by atoms with Crippen molar-refractivity contribution < 1.29 is 9.90 Å². The highest BCUT2D eigenvalue weighted by Crippen LogP contribution is 2.45. The summed E-state index contributed by atoms with van der Waals surface area (Å²) < 4.78 is 0. The van der Waals surface area contributed by atoms with Crippen molar-refractivity contribution in [2.75, 3.05) is 0 Å². The van der Waals surface area contributed by atoms with Crippen molar-refractivity contribution in [2.24, 2.45) is 4.99 Å². The molecule has 0 aliphatic heterocycles. The van der Waals surface area contributed by atoms with Gasteiger partial charge in [0, 0.05) is 6.21 Å². The Balaban J connectivity index is 1.93. The molecule has 3 nitrogen and oxygen atoms in total. The van der Waals surface area contributed by atoms with Crippen LogP contribution in [0.2, 0.25) is 0 Å². The molecule has 1 aromatic heterocycles. The average Bonchev–Trinajstić information content (AvgIpc) is 2.99. The number of rotatable bonds is 3. The molecule has 0 spiro atoms. The molecule has 1 heterocycles. The van der Waals surface area contributed by atoms with Crippen molar-refractivity contribution >= 4 is 28.5 Å². The number of aliphatic imine (C=N–C) groups is 1. The van der Waals surface area contributed by atoms with Crippen molar-refractivity contribution in [3.63, 3.8) is 0 Å². The van der Waals surface area contributed by atoms with E-state index in [1.54, 1.807) is 12.1 Å². The van der Waals surface area contributed by atoms with E-state index >= 15 is 0 Å². The highest BCUT2D eigenvalue weighted by atomic mass is 32.1. The summed E-state index contributed by atoms with van der Waals surface area (Å²) in [5.41, 5.74) is 4.28. The number of aromatic carboxylic acids is 1. The Labute approximate surface area is 147 Å². The predicted molar refractivity (Wildman–Crippen MR) is 100 cm³/mol. The van der Waals surface area contributed by atoms with Crippen molar-refractivity contribution in [1.82, 2.24) is 0 Å². The van der Waals surface area contributed by atoms with Gasteiger partial charge in [-0.25, -0.2) is 9.79 Å². The second-order valence-electron chi connectivity index (χ2n) is 7.77. The Morgan fingerprint density at radius 3 is 2.38 bits per heavy atom. The fourth-order valence-corrected chi connectivity index (χ4v) is 4.03. The minimum Gasteiger partial charge on any atom is -0.477 e. The number of benzene rings is 1. The Morgan fingerprint density at radius 2 is 1.75 bits per heavy atom.